The van der Waals surface area contributed by atoms with Crippen molar-refractivity contribution in [2.24, 2.45) is 5.92 Å². The summed E-state index contributed by atoms with van der Waals surface area (Å²) in [7, 11) is 0. The number of aromatic amines is 2. The number of H-pyrrole nitrogens is 2. The first-order valence-corrected chi connectivity index (χ1v) is 8.34. The van der Waals surface area contributed by atoms with Crippen molar-refractivity contribution in [3.63, 3.8) is 0 Å². The van der Waals surface area contributed by atoms with E-state index in [1.165, 1.54) is 6.20 Å². The number of nitrogens with one attached hydrogen (secondary N) is 4. The summed E-state index contributed by atoms with van der Waals surface area (Å²) in [5, 5.41) is 10.6. The fourth-order valence-electron chi connectivity index (χ4n) is 2.82. The Morgan fingerprint density at radius 2 is 1.96 bits per heavy atom. The zero-order valence-corrected chi connectivity index (χ0v) is 14.4. The SMILES string of the molecule is O=C(NCC1CC(NC(=O)c2n[nH]c(=O)[nH]c2=O)C1)c1cncc(C(F)F)c1. The van der Waals surface area contributed by atoms with E-state index >= 15 is 0 Å². The lowest BCUT2D eigenvalue weighted by Gasteiger charge is -2.35. The molecule has 3 rings (SSSR count). The highest BCUT2D eigenvalue weighted by atomic mass is 19.3. The predicted molar refractivity (Wildman–Crippen MR) is 91.0 cm³/mol. The molecule has 28 heavy (non-hydrogen) atoms. The van der Waals surface area contributed by atoms with Crippen molar-refractivity contribution in [1.29, 1.82) is 0 Å². The highest BCUT2D eigenvalue weighted by molar-refractivity contribution is 5.94. The molecule has 0 spiro atoms. The topological polar surface area (TPSA) is 150 Å². The van der Waals surface area contributed by atoms with Gasteiger partial charge < -0.3 is 10.6 Å². The molecule has 10 nitrogen and oxygen atoms in total. The molecule has 0 bridgehead atoms. The van der Waals surface area contributed by atoms with Gasteiger partial charge in [0.1, 0.15) is 0 Å². The van der Waals surface area contributed by atoms with Gasteiger partial charge in [0.15, 0.2) is 0 Å². The van der Waals surface area contributed by atoms with Crippen LogP contribution in [0.3, 0.4) is 0 Å². The van der Waals surface area contributed by atoms with Crippen molar-refractivity contribution in [2.75, 3.05) is 6.54 Å². The average Bonchev–Trinajstić information content (AvgIpc) is 2.63. The maximum atomic E-state index is 12.7. The quantitative estimate of drug-likeness (QED) is 0.530. The molecule has 1 fully saturated rings. The lowest BCUT2D eigenvalue weighted by molar-refractivity contribution is 0.0856. The van der Waals surface area contributed by atoms with Crippen LogP contribution in [0.15, 0.2) is 28.0 Å². The van der Waals surface area contributed by atoms with E-state index in [-0.39, 0.29) is 23.1 Å². The Balaban J connectivity index is 1.45. The Labute approximate surface area is 155 Å². The van der Waals surface area contributed by atoms with Crippen LogP contribution in [-0.2, 0) is 0 Å². The van der Waals surface area contributed by atoms with Crippen LogP contribution >= 0.6 is 0 Å². The van der Waals surface area contributed by atoms with Crippen molar-refractivity contribution in [1.82, 2.24) is 30.8 Å². The molecular formula is C16H16F2N6O4. The monoisotopic (exact) mass is 394 g/mol. The molecule has 2 amide bonds. The van der Waals surface area contributed by atoms with Crippen molar-refractivity contribution >= 4 is 11.8 Å². The molecule has 148 valence electrons. The Morgan fingerprint density at radius 3 is 2.64 bits per heavy atom. The summed E-state index contributed by atoms with van der Waals surface area (Å²) in [4.78, 5) is 52.0. The summed E-state index contributed by atoms with van der Waals surface area (Å²) < 4.78 is 25.3. The second-order valence-electron chi connectivity index (χ2n) is 6.38. The van der Waals surface area contributed by atoms with E-state index in [4.69, 9.17) is 0 Å². The van der Waals surface area contributed by atoms with E-state index in [0.29, 0.717) is 19.4 Å². The number of alkyl halides is 2. The Kier molecular flexibility index (Phi) is 5.57. The van der Waals surface area contributed by atoms with Gasteiger partial charge in [-0.05, 0) is 24.8 Å². The van der Waals surface area contributed by atoms with E-state index in [1.54, 1.807) is 0 Å². The molecule has 0 atom stereocenters. The molecule has 12 heteroatoms. The standard InChI is InChI=1S/C16H16F2N6O4/c17-12(18)8-3-9(6-19-5-8)13(25)20-4-7-1-10(2-7)21-14(26)11-15(27)22-16(28)24-23-11/h3,5-7,10,12H,1-2,4H2,(H,20,25)(H,21,26)(H2,22,24,27,28). The van der Waals surface area contributed by atoms with Crippen LogP contribution in [0.25, 0.3) is 0 Å². The van der Waals surface area contributed by atoms with Crippen LogP contribution in [0.4, 0.5) is 8.78 Å². The first-order valence-electron chi connectivity index (χ1n) is 8.34. The van der Waals surface area contributed by atoms with Gasteiger partial charge in [0.25, 0.3) is 23.8 Å². The molecule has 1 aliphatic carbocycles. The van der Waals surface area contributed by atoms with E-state index < -0.39 is 35.2 Å². The molecular weight excluding hydrogens is 378 g/mol. The third-order valence-corrected chi connectivity index (χ3v) is 4.32. The summed E-state index contributed by atoms with van der Waals surface area (Å²) >= 11 is 0. The maximum Gasteiger partial charge on any atom is 0.342 e. The van der Waals surface area contributed by atoms with Gasteiger partial charge in [-0.25, -0.2) is 18.7 Å². The fourth-order valence-corrected chi connectivity index (χ4v) is 2.82. The fraction of sp³-hybridized carbons (Fsp3) is 0.375. The van der Waals surface area contributed by atoms with Gasteiger partial charge in [0.05, 0.1) is 5.56 Å². The van der Waals surface area contributed by atoms with Crippen LogP contribution in [0.2, 0.25) is 0 Å². The third-order valence-electron chi connectivity index (χ3n) is 4.32. The molecule has 0 aliphatic heterocycles. The normalized spacial score (nSPS) is 18.4. The van der Waals surface area contributed by atoms with E-state index in [0.717, 1.165) is 12.3 Å². The van der Waals surface area contributed by atoms with Crippen molar-refractivity contribution in [2.45, 2.75) is 25.3 Å². The van der Waals surface area contributed by atoms with Crippen LogP contribution in [0.5, 0.6) is 0 Å². The van der Waals surface area contributed by atoms with Crippen LogP contribution in [0, 0.1) is 5.92 Å². The molecule has 2 aromatic rings. The zero-order chi connectivity index (χ0) is 20.3. The molecule has 0 unspecified atom stereocenters. The molecule has 1 saturated carbocycles. The number of halogens is 2. The van der Waals surface area contributed by atoms with E-state index in [2.05, 4.69) is 20.7 Å². The molecule has 2 aromatic heterocycles. The number of pyridine rings is 1. The van der Waals surface area contributed by atoms with Crippen molar-refractivity contribution in [3.8, 4) is 0 Å². The van der Waals surface area contributed by atoms with Gasteiger partial charge >= 0.3 is 5.69 Å². The largest absolute Gasteiger partial charge is 0.352 e. The van der Waals surface area contributed by atoms with Gasteiger partial charge in [0, 0.05) is 30.5 Å². The minimum Gasteiger partial charge on any atom is -0.352 e. The van der Waals surface area contributed by atoms with Gasteiger partial charge in [-0.15, -0.1) is 0 Å². The summed E-state index contributed by atoms with van der Waals surface area (Å²) in [6.07, 6.45) is 0.619. The number of nitrogens with zero attached hydrogens (tertiary/aromatic N) is 2. The summed E-state index contributed by atoms with van der Waals surface area (Å²) in [6.45, 7) is 0.307. The number of hydrogen-bond donors (Lipinski definition) is 4. The minimum absolute atomic E-state index is 0.0466. The Bertz CT molecular complexity index is 999. The highest BCUT2D eigenvalue weighted by Gasteiger charge is 2.31. The van der Waals surface area contributed by atoms with E-state index in [1.807, 2.05) is 10.1 Å². The van der Waals surface area contributed by atoms with E-state index in [9.17, 15) is 28.0 Å². The number of aromatic nitrogens is 4. The molecule has 0 radical (unpaired) electrons. The first kappa shape index (κ1) is 19.3. The second kappa shape index (κ2) is 8.06. The van der Waals surface area contributed by atoms with Crippen LogP contribution < -0.4 is 21.9 Å². The number of carbonyl (C=O) groups is 2. The number of carbonyl (C=O) groups excluding carboxylic acids is 2. The lowest BCUT2D eigenvalue weighted by Crippen LogP contribution is -2.49. The summed E-state index contributed by atoms with van der Waals surface area (Å²) in [6, 6.07) is 0.886. The van der Waals surface area contributed by atoms with Gasteiger partial charge in [-0.1, -0.05) is 0 Å². The zero-order valence-electron chi connectivity index (χ0n) is 14.4. The number of rotatable bonds is 6. The molecule has 0 aromatic carbocycles. The first-order chi connectivity index (χ1) is 13.3. The molecule has 0 saturated heterocycles. The summed E-state index contributed by atoms with van der Waals surface area (Å²) in [5.41, 5.74) is -2.42. The van der Waals surface area contributed by atoms with Crippen LogP contribution in [-0.4, -0.2) is 44.6 Å². The molecule has 1 aliphatic rings. The number of hydrogen-bond acceptors (Lipinski definition) is 6. The van der Waals surface area contributed by atoms with Gasteiger partial charge in [-0.3, -0.25) is 24.4 Å². The Morgan fingerprint density at radius 1 is 1.21 bits per heavy atom. The van der Waals surface area contributed by atoms with Gasteiger partial charge in [0.2, 0.25) is 5.69 Å². The van der Waals surface area contributed by atoms with Crippen LogP contribution in [0.1, 0.15) is 45.7 Å². The lowest BCUT2D eigenvalue weighted by atomic mass is 9.80. The predicted octanol–water partition coefficient (Wildman–Crippen LogP) is -0.271. The molecule has 2 heterocycles. The third kappa shape index (κ3) is 4.45. The molecule has 4 N–H and O–H groups in total. The Hall–Kier alpha value is -3.44. The average molecular weight is 394 g/mol. The minimum atomic E-state index is -2.71. The van der Waals surface area contributed by atoms with Gasteiger partial charge in [-0.2, -0.15) is 5.10 Å². The maximum absolute atomic E-state index is 12.7. The second-order valence-corrected chi connectivity index (χ2v) is 6.38. The smallest absolute Gasteiger partial charge is 0.342 e. The highest BCUT2D eigenvalue weighted by Crippen LogP contribution is 2.27. The van der Waals surface area contributed by atoms with Crippen molar-refractivity contribution < 1.29 is 18.4 Å². The number of amides is 2. The van der Waals surface area contributed by atoms with Crippen molar-refractivity contribution in [3.05, 3.63) is 56.1 Å². The summed E-state index contributed by atoms with van der Waals surface area (Å²) in [5.74, 6) is -1.13.